The lowest BCUT2D eigenvalue weighted by atomic mass is 10.0. The molecule has 0 aromatic carbocycles. The zero-order chi connectivity index (χ0) is 12.3. The minimum atomic E-state index is -0.934. The second-order valence-corrected chi connectivity index (χ2v) is 3.84. The molecule has 0 aliphatic heterocycles. The van der Waals surface area contributed by atoms with Crippen molar-refractivity contribution in [2.75, 3.05) is 0 Å². The Balaban J connectivity index is 2.61. The molecule has 2 atom stereocenters. The summed E-state index contributed by atoms with van der Waals surface area (Å²) < 4.78 is 5.00. The molecule has 1 aromatic rings. The van der Waals surface area contributed by atoms with E-state index in [4.69, 9.17) is 9.52 Å². The first-order valence-electron chi connectivity index (χ1n) is 5.00. The predicted octanol–water partition coefficient (Wildman–Crippen LogP) is 1.43. The third kappa shape index (κ3) is 2.85. The van der Waals surface area contributed by atoms with E-state index in [-0.39, 0.29) is 5.91 Å². The molecule has 2 N–H and O–H groups in total. The molecule has 1 amide bonds. The smallest absolute Gasteiger partial charge is 0.308 e. The van der Waals surface area contributed by atoms with Crippen LogP contribution in [-0.2, 0) is 4.79 Å². The van der Waals surface area contributed by atoms with Crippen LogP contribution in [0.3, 0.4) is 0 Å². The molecule has 1 aromatic heterocycles. The highest BCUT2D eigenvalue weighted by molar-refractivity contribution is 5.94. The largest absolute Gasteiger partial charge is 0.481 e. The number of carbonyl (C=O) groups is 2. The summed E-state index contributed by atoms with van der Waals surface area (Å²) in [6.07, 6.45) is 1.35. The average Bonchev–Trinajstić information content (AvgIpc) is 2.63. The number of aryl methyl sites for hydroxylation is 1. The summed E-state index contributed by atoms with van der Waals surface area (Å²) in [5, 5.41) is 11.4. The van der Waals surface area contributed by atoms with Crippen molar-refractivity contribution in [3.8, 4) is 0 Å². The van der Waals surface area contributed by atoms with E-state index in [1.54, 1.807) is 26.8 Å². The van der Waals surface area contributed by atoms with Crippen LogP contribution in [0.1, 0.15) is 30.0 Å². The molecule has 2 unspecified atom stereocenters. The van der Waals surface area contributed by atoms with Gasteiger partial charge in [-0.05, 0) is 26.8 Å². The Hall–Kier alpha value is -1.78. The number of carboxylic acid groups (broad SMARTS) is 1. The molecular formula is C11H15NO4. The lowest BCUT2D eigenvalue weighted by Gasteiger charge is -2.16. The van der Waals surface area contributed by atoms with Crippen molar-refractivity contribution in [3.05, 3.63) is 23.7 Å². The molecule has 16 heavy (non-hydrogen) atoms. The average molecular weight is 225 g/mol. The molecule has 0 spiro atoms. The molecule has 0 aliphatic rings. The molecule has 0 saturated carbocycles. The number of aliphatic carboxylic acids is 1. The van der Waals surface area contributed by atoms with Crippen molar-refractivity contribution in [3.63, 3.8) is 0 Å². The first kappa shape index (κ1) is 12.3. The quantitative estimate of drug-likeness (QED) is 0.812. The number of carboxylic acids is 1. The summed E-state index contributed by atoms with van der Waals surface area (Å²) in [6, 6.07) is 1.17. The number of hydrogen-bond acceptors (Lipinski definition) is 3. The Kier molecular flexibility index (Phi) is 3.71. The van der Waals surface area contributed by atoms with Crippen molar-refractivity contribution in [1.82, 2.24) is 5.32 Å². The van der Waals surface area contributed by atoms with Crippen LogP contribution in [0.4, 0.5) is 0 Å². The SMILES string of the molecule is Cc1cc(C(=O)NC(C)C(C)C(=O)O)co1. The summed E-state index contributed by atoms with van der Waals surface area (Å²) in [6.45, 7) is 4.94. The first-order valence-corrected chi connectivity index (χ1v) is 5.00. The topological polar surface area (TPSA) is 79.5 Å². The maximum absolute atomic E-state index is 11.6. The molecule has 88 valence electrons. The van der Waals surface area contributed by atoms with E-state index in [0.717, 1.165) is 0 Å². The molecule has 0 aliphatic carbocycles. The molecule has 1 heterocycles. The highest BCUT2D eigenvalue weighted by atomic mass is 16.4. The fourth-order valence-corrected chi connectivity index (χ4v) is 1.19. The Morgan fingerprint density at radius 2 is 2.06 bits per heavy atom. The van der Waals surface area contributed by atoms with E-state index >= 15 is 0 Å². The molecular weight excluding hydrogens is 210 g/mol. The third-order valence-electron chi connectivity index (χ3n) is 2.49. The third-order valence-corrected chi connectivity index (χ3v) is 2.49. The highest BCUT2D eigenvalue weighted by Gasteiger charge is 2.21. The van der Waals surface area contributed by atoms with Gasteiger partial charge >= 0.3 is 5.97 Å². The van der Waals surface area contributed by atoms with E-state index in [1.807, 2.05) is 0 Å². The summed E-state index contributed by atoms with van der Waals surface area (Å²) in [5.41, 5.74) is 0.405. The van der Waals surface area contributed by atoms with E-state index in [2.05, 4.69) is 5.32 Å². The summed E-state index contributed by atoms with van der Waals surface area (Å²) >= 11 is 0. The van der Waals surface area contributed by atoms with Gasteiger partial charge in [-0.1, -0.05) is 0 Å². The summed E-state index contributed by atoms with van der Waals surface area (Å²) in [4.78, 5) is 22.3. The second kappa shape index (κ2) is 4.83. The fraction of sp³-hybridized carbons (Fsp3) is 0.455. The van der Waals surface area contributed by atoms with Gasteiger partial charge in [0.05, 0.1) is 11.5 Å². The minimum Gasteiger partial charge on any atom is -0.481 e. The number of nitrogens with one attached hydrogen (secondary N) is 1. The number of amides is 1. The molecule has 0 saturated heterocycles. The van der Waals surface area contributed by atoms with Gasteiger partial charge in [0.15, 0.2) is 0 Å². The number of hydrogen-bond donors (Lipinski definition) is 2. The molecule has 1 rings (SSSR count). The molecule has 0 bridgehead atoms. The van der Waals surface area contributed by atoms with Gasteiger partial charge in [-0.15, -0.1) is 0 Å². The standard InChI is InChI=1S/C11H15NO4/c1-6-4-9(5-16-6)10(13)12-8(3)7(2)11(14)15/h4-5,7-8H,1-3H3,(H,12,13)(H,14,15). The maximum atomic E-state index is 11.6. The Morgan fingerprint density at radius 3 is 2.50 bits per heavy atom. The summed E-state index contributed by atoms with van der Waals surface area (Å²) in [7, 11) is 0. The van der Waals surface area contributed by atoms with Crippen LogP contribution in [0.15, 0.2) is 16.7 Å². The molecule has 5 heteroatoms. The monoisotopic (exact) mass is 225 g/mol. The van der Waals surface area contributed by atoms with Crippen LogP contribution in [0.25, 0.3) is 0 Å². The van der Waals surface area contributed by atoms with Gasteiger partial charge in [-0.2, -0.15) is 0 Å². The van der Waals surface area contributed by atoms with Gasteiger partial charge in [-0.3, -0.25) is 9.59 Å². The van der Waals surface area contributed by atoms with E-state index in [9.17, 15) is 9.59 Å². The Bertz CT molecular complexity index is 396. The van der Waals surface area contributed by atoms with Crippen LogP contribution >= 0.6 is 0 Å². The summed E-state index contributed by atoms with van der Waals surface area (Å²) in [5.74, 6) is -1.24. The van der Waals surface area contributed by atoms with Crippen molar-refractivity contribution in [1.29, 1.82) is 0 Å². The van der Waals surface area contributed by atoms with E-state index < -0.39 is 17.9 Å². The second-order valence-electron chi connectivity index (χ2n) is 3.84. The van der Waals surface area contributed by atoms with Crippen molar-refractivity contribution in [2.24, 2.45) is 5.92 Å². The lowest BCUT2D eigenvalue weighted by molar-refractivity contribution is -0.141. The number of furan rings is 1. The van der Waals surface area contributed by atoms with Crippen molar-refractivity contribution in [2.45, 2.75) is 26.8 Å². The van der Waals surface area contributed by atoms with Crippen molar-refractivity contribution < 1.29 is 19.1 Å². The number of carbonyl (C=O) groups excluding carboxylic acids is 1. The van der Waals surface area contributed by atoms with Gasteiger partial charge in [0.2, 0.25) is 0 Å². The molecule has 0 radical (unpaired) electrons. The zero-order valence-corrected chi connectivity index (χ0v) is 9.48. The van der Waals surface area contributed by atoms with Crippen LogP contribution in [0, 0.1) is 12.8 Å². The van der Waals surface area contributed by atoms with Gasteiger partial charge in [0.1, 0.15) is 12.0 Å². The van der Waals surface area contributed by atoms with Crippen molar-refractivity contribution >= 4 is 11.9 Å². The first-order chi connectivity index (χ1) is 7.41. The zero-order valence-electron chi connectivity index (χ0n) is 9.48. The highest BCUT2D eigenvalue weighted by Crippen LogP contribution is 2.08. The predicted molar refractivity (Wildman–Crippen MR) is 57.2 cm³/mol. The van der Waals surface area contributed by atoms with Crippen LogP contribution in [-0.4, -0.2) is 23.0 Å². The maximum Gasteiger partial charge on any atom is 0.308 e. The Labute approximate surface area is 93.4 Å². The van der Waals surface area contributed by atoms with Gasteiger partial charge < -0.3 is 14.8 Å². The van der Waals surface area contributed by atoms with Gasteiger partial charge in [-0.25, -0.2) is 0 Å². The van der Waals surface area contributed by atoms with Crippen LogP contribution in [0.5, 0.6) is 0 Å². The van der Waals surface area contributed by atoms with E-state index in [0.29, 0.717) is 11.3 Å². The van der Waals surface area contributed by atoms with Gasteiger partial charge in [0, 0.05) is 6.04 Å². The Morgan fingerprint density at radius 1 is 1.44 bits per heavy atom. The lowest BCUT2D eigenvalue weighted by Crippen LogP contribution is -2.39. The van der Waals surface area contributed by atoms with Gasteiger partial charge in [0.25, 0.3) is 5.91 Å². The molecule has 0 fully saturated rings. The molecule has 5 nitrogen and oxygen atoms in total. The fourth-order valence-electron chi connectivity index (χ4n) is 1.19. The van der Waals surface area contributed by atoms with E-state index in [1.165, 1.54) is 6.26 Å². The normalized spacial score (nSPS) is 14.2. The van der Waals surface area contributed by atoms with Crippen LogP contribution in [0.2, 0.25) is 0 Å². The van der Waals surface area contributed by atoms with Crippen LogP contribution < -0.4 is 5.32 Å². The minimum absolute atomic E-state index is 0.322. The number of rotatable bonds is 4.